The quantitative estimate of drug-likeness (QED) is 0.741. The van der Waals surface area contributed by atoms with Crippen molar-refractivity contribution in [2.75, 3.05) is 0 Å². The zero-order chi connectivity index (χ0) is 21.4. The summed E-state index contributed by atoms with van der Waals surface area (Å²) in [4.78, 5) is 25.9. The number of benzene rings is 2. The number of allylic oxidation sites excluding steroid dienone is 4. The van der Waals surface area contributed by atoms with Crippen LogP contribution in [0.1, 0.15) is 61.1 Å². The Morgan fingerprint density at radius 3 is 2.16 bits per heavy atom. The standard InChI is InChI=1S/C27H27NO3/c1-17-11-13-18(14-12-17)16-31-20-6-2-5-19(15-20)25-26-21(7-3-9-23(26)29)28-22-8-4-10-24(30)27(22)25/h2,5-6,11-15,25,28H,3-4,7-10,16H2,1H3. The number of carbonyl (C=O) groups is 2. The van der Waals surface area contributed by atoms with E-state index in [0.29, 0.717) is 19.4 Å². The molecule has 0 saturated heterocycles. The first-order valence-electron chi connectivity index (χ1n) is 11.2. The molecule has 0 radical (unpaired) electrons. The van der Waals surface area contributed by atoms with Crippen molar-refractivity contribution in [1.82, 2.24) is 5.32 Å². The molecule has 5 rings (SSSR count). The van der Waals surface area contributed by atoms with Crippen LogP contribution in [0.3, 0.4) is 0 Å². The fourth-order valence-corrected chi connectivity index (χ4v) is 4.95. The molecule has 1 N–H and O–H groups in total. The lowest BCUT2D eigenvalue weighted by Gasteiger charge is -2.37. The summed E-state index contributed by atoms with van der Waals surface area (Å²) in [6, 6.07) is 16.2. The first-order chi connectivity index (χ1) is 15.1. The van der Waals surface area contributed by atoms with Crippen molar-refractivity contribution in [2.24, 2.45) is 0 Å². The summed E-state index contributed by atoms with van der Waals surface area (Å²) in [6.07, 6.45) is 4.58. The van der Waals surface area contributed by atoms with E-state index < -0.39 is 0 Å². The Bertz CT molecular complexity index is 1070. The lowest BCUT2D eigenvalue weighted by molar-refractivity contribution is -0.116. The van der Waals surface area contributed by atoms with Crippen LogP contribution >= 0.6 is 0 Å². The summed E-state index contributed by atoms with van der Waals surface area (Å²) < 4.78 is 6.07. The predicted molar refractivity (Wildman–Crippen MR) is 120 cm³/mol. The monoisotopic (exact) mass is 413 g/mol. The molecule has 0 saturated carbocycles. The van der Waals surface area contributed by atoms with Gasteiger partial charge in [0.1, 0.15) is 12.4 Å². The summed E-state index contributed by atoms with van der Waals surface area (Å²) in [5.41, 5.74) is 6.90. The number of Topliss-reactive ketones (excluding diaryl/α,β-unsaturated/α-hetero) is 2. The highest BCUT2D eigenvalue weighted by molar-refractivity contribution is 6.06. The van der Waals surface area contributed by atoms with Gasteiger partial charge in [0.2, 0.25) is 0 Å². The van der Waals surface area contributed by atoms with E-state index in [-0.39, 0.29) is 17.5 Å². The van der Waals surface area contributed by atoms with Gasteiger partial charge in [-0.1, -0.05) is 42.0 Å². The van der Waals surface area contributed by atoms with E-state index >= 15 is 0 Å². The summed E-state index contributed by atoms with van der Waals surface area (Å²) in [7, 11) is 0. The third-order valence-electron chi connectivity index (χ3n) is 6.51. The van der Waals surface area contributed by atoms with Crippen LogP contribution in [-0.4, -0.2) is 11.6 Å². The van der Waals surface area contributed by atoms with Gasteiger partial charge in [-0.05, 0) is 55.9 Å². The molecule has 2 aliphatic carbocycles. The van der Waals surface area contributed by atoms with Crippen LogP contribution in [0.15, 0.2) is 71.1 Å². The molecule has 2 aromatic carbocycles. The molecule has 158 valence electrons. The Labute approximate surface area is 183 Å². The predicted octanol–water partition coefficient (Wildman–Crippen LogP) is 5.28. The summed E-state index contributed by atoms with van der Waals surface area (Å²) in [5.74, 6) is 0.798. The molecule has 0 aromatic heterocycles. The molecule has 1 aliphatic heterocycles. The van der Waals surface area contributed by atoms with E-state index in [9.17, 15) is 9.59 Å². The molecule has 4 heteroatoms. The van der Waals surface area contributed by atoms with Crippen LogP contribution in [0.5, 0.6) is 5.75 Å². The Hall–Kier alpha value is -3.14. The zero-order valence-electron chi connectivity index (χ0n) is 17.9. The number of ether oxygens (including phenoxy) is 1. The Balaban J connectivity index is 1.49. The average molecular weight is 414 g/mol. The highest BCUT2D eigenvalue weighted by Gasteiger charge is 2.40. The second-order valence-electron chi connectivity index (χ2n) is 8.74. The van der Waals surface area contributed by atoms with Crippen LogP contribution in [0.4, 0.5) is 0 Å². The average Bonchev–Trinajstić information content (AvgIpc) is 2.78. The van der Waals surface area contributed by atoms with E-state index in [4.69, 9.17) is 4.74 Å². The number of nitrogens with one attached hydrogen (secondary N) is 1. The molecule has 0 fully saturated rings. The smallest absolute Gasteiger partial charge is 0.161 e. The highest BCUT2D eigenvalue weighted by atomic mass is 16.5. The van der Waals surface area contributed by atoms with Gasteiger partial charge in [-0.25, -0.2) is 0 Å². The number of carbonyl (C=O) groups excluding carboxylic acids is 2. The van der Waals surface area contributed by atoms with Crippen molar-refractivity contribution < 1.29 is 14.3 Å². The second-order valence-corrected chi connectivity index (χ2v) is 8.74. The van der Waals surface area contributed by atoms with Crippen molar-refractivity contribution in [3.8, 4) is 5.75 Å². The molecule has 0 amide bonds. The maximum Gasteiger partial charge on any atom is 0.161 e. The first kappa shape index (κ1) is 19.8. The molecule has 4 nitrogen and oxygen atoms in total. The van der Waals surface area contributed by atoms with Gasteiger partial charge in [0, 0.05) is 41.3 Å². The summed E-state index contributed by atoms with van der Waals surface area (Å²) >= 11 is 0. The second kappa shape index (κ2) is 8.18. The number of hydrogen-bond donors (Lipinski definition) is 1. The van der Waals surface area contributed by atoms with Gasteiger partial charge in [0.05, 0.1) is 0 Å². The van der Waals surface area contributed by atoms with Crippen LogP contribution < -0.4 is 10.1 Å². The number of dihydropyridines is 1. The van der Waals surface area contributed by atoms with Crippen molar-refractivity contribution in [3.05, 3.63) is 87.8 Å². The lowest BCUT2D eigenvalue weighted by atomic mass is 9.71. The fourth-order valence-electron chi connectivity index (χ4n) is 4.95. The molecule has 0 bridgehead atoms. The third-order valence-corrected chi connectivity index (χ3v) is 6.51. The van der Waals surface area contributed by atoms with Crippen molar-refractivity contribution >= 4 is 11.6 Å². The van der Waals surface area contributed by atoms with Gasteiger partial charge < -0.3 is 10.1 Å². The van der Waals surface area contributed by atoms with Crippen LogP contribution in [0.25, 0.3) is 0 Å². The topological polar surface area (TPSA) is 55.4 Å². The van der Waals surface area contributed by atoms with Gasteiger partial charge in [-0.2, -0.15) is 0 Å². The maximum absolute atomic E-state index is 13.0. The molecule has 2 aromatic rings. The van der Waals surface area contributed by atoms with Crippen LogP contribution in [0.2, 0.25) is 0 Å². The SMILES string of the molecule is Cc1ccc(COc2cccc(C3C4=C(CCCC4=O)NC4=C3C(=O)CCC4)c2)cc1. The number of rotatable bonds is 4. The van der Waals surface area contributed by atoms with E-state index in [1.54, 1.807) is 0 Å². The van der Waals surface area contributed by atoms with Crippen molar-refractivity contribution in [3.63, 3.8) is 0 Å². The van der Waals surface area contributed by atoms with Gasteiger partial charge >= 0.3 is 0 Å². The minimum atomic E-state index is -0.283. The molecule has 31 heavy (non-hydrogen) atoms. The van der Waals surface area contributed by atoms with E-state index in [1.165, 1.54) is 5.56 Å². The molecular formula is C27H27NO3. The Morgan fingerprint density at radius 1 is 0.871 bits per heavy atom. The van der Waals surface area contributed by atoms with Crippen molar-refractivity contribution in [1.29, 1.82) is 0 Å². The van der Waals surface area contributed by atoms with E-state index in [1.807, 2.05) is 24.3 Å². The van der Waals surface area contributed by atoms with Gasteiger partial charge in [-0.15, -0.1) is 0 Å². The number of ketones is 2. The van der Waals surface area contributed by atoms with Gasteiger partial charge in [-0.3, -0.25) is 9.59 Å². The molecule has 1 heterocycles. The molecule has 3 aliphatic rings. The molecule has 0 atom stereocenters. The highest BCUT2D eigenvalue weighted by Crippen LogP contribution is 2.45. The largest absolute Gasteiger partial charge is 0.489 e. The zero-order valence-corrected chi connectivity index (χ0v) is 17.9. The molecular weight excluding hydrogens is 386 g/mol. The fraction of sp³-hybridized carbons (Fsp3) is 0.333. The molecule has 0 unspecified atom stereocenters. The van der Waals surface area contributed by atoms with E-state index in [2.05, 4.69) is 36.5 Å². The summed E-state index contributed by atoms with van der Waals surface area (Å²) in [5, 5.41) is 3.47. The third kappa shape index (κ3) is 3.83. The van der Waals surface area contributed by atoms with Crippen molar-refractivity contribution in [2.45, 2.75) is 58.0 Å². The van der Waals surface area contributed by atoms with Gasteiger partial charge in [0.25, 0.3) is 0 Å². The van der Waals surface area contributed by atoms with Gasteiger partial charge in [0.15, 0.2) is 11.6 Å². The maximum atomic E-state index is 13.0. The minimum Gasteiger partial charge on any atom is -0.489 e. The lowest BCUT2D eigenvalue weighted by Crippen LogP contribution is -2.36. The van der Waals surface area contributed by atoms with Crippen LogP contribution in [0, 0.1) is 6.92 Å². The first-order valence-corrected chi connectivity index (χ1v) is 11.2. The van der Waals surface area contributed by atoms with E-state index in [0.717, 1.165) is 65.1 Å². The number of hydrogen-bond acceptors (Lipinski definition) is 4. The normalized spacial score (nSPS) is 19.1. The minimum absolute atomic E-state index is 0.162. The Morgan fingerprint density at radius 2 is 1.52 bits per heavy atom. The molecule has 0 spiro atoms. The summed E-state index contributed by atoms with van der Waals surface area (Å²) in [6.45, 7) is 2.55. The Kier molecular flexibility index (Phi) is 5.23. The van der Waals surface area contributed by atoms with Crippen LogP contribution in [-0.2, 0) is 16.2 Å². The number of aryl methyl sites for hydroxylation is 1.